The van der Waals surface area contributed by atoms with Crippen molar-refractivity contribution in [1.29, 1.82) is 0 Å². The lowest BCUT2D eigenvalue weighted by Crippen LogP contribution is -2.31. The van der Waals surface area contributed by atoms with Crippen LogP contribution in [0.25, 0.3) is 5.57 Å². The van der Waals surface area contributed by atoms with Gasteiger partial charge in [-0.2, -0.15) is 0 Å². The minimum absolute atomic E-state index is 0.186. The first-order valence-corrected chi connectivity index (χ1v) is 9.17. The number of imide groups is 1. The van der Waals surface area contributed by atoms with Gasteiger partial charge in [-0.3, -0.25) is 14.5 Å². The number of hydrogen-bond donors (Lipinski definition) is 0. The van der Waals surface area contributed by atoms with Crippen LogP contribution in [0.1, 0.15) is 11.1 Å². The van der Waals surface area contributed by atoms with Gasteiger partial charge in [-0.05, 0) is 11.6 Å². The molecule has 132 valence electrons. The molecule has 0 N–H and O–H groups in total. The van der Waals surface area contributed by atoms with E-state index in [1.54, 1.807) is 25.3 Å². The maximum Gasteiger partial charge on any atom is 0.268 e. The molecule has 4 nitrogen and oxygen atoms in total. The molecule has 1 heterocycles. The Hall–Kier alpha value is -2.79. The van der Waals surface area contributed by atoms with E-state index in [-0.39, 0.29) is 18.4 Å². The predicted molar refractivity (Wildman–Crippen MR) is 105 cm³/mol. The number of benzene rings is 2. The first kappa shape index (κ1) is 18.0. The zero-order valence-electron chi connectivity index (χ0n) is 14.5. The summed E-state index contributed by atoms with van der Waals surface area (Å²) in [4.78, 5) is 27.4. The number of methoxy groups -OCH3 is 1. The first-order chi connectivity index (χ1) is 12.7. The van der Waals surface area contributed by atoms with Gasteiger partial charge >= 0.3 is 0 Å². The molecule has 1 aliphatic rings. The molecule has 0 aliphatic carbocycles. The minimum Gasteiger partial charge on any atom is -0.496 e. The molecule has 0 saturated carbocycles. The molecular weight excluding hydrogens is 346 g/mol. The summed E-state index contributed by atoms with van der Waals surface area (Å²) in [6, 6.07) is 17.1. The van der Waals surface area contributed by atoms with Crippen LogP contribution < -0.4 is 4.74 Å². The Morgan fingerprint density at radius 2 is 1.73 bits per heavy atom. The predicted octanol–water partition coefficient (Wildman–Crippen LogP) is 3.89. The molecule has 0 saturated heterocycles. The van der Waals surface area contributed by atoms with E-state index in [2.05, 4.69) is 6.58 Å². The van der Waals surface area contributed by atoms with Crippen LogP contribution >= 0.6 is 11.8 Å². The molecule has 0 aromatic heterocycles. The second-order valence-electron chi connectivity index (χ2n) is 5.69. The number of nitrogens with zero attached hydrogens (tertiary/aromatic N) is 1. The number of rotatable bonds is 7. The van der Waals surface area contributed by atoms with Crippen molar-refractivity contribution in [2.24, 2.45) is 0 Å². The van der Waals surface area contributed by atoms with Crippen molar-refractivity contribution >= 4 is 29.1 Å². The monoisotopic (exact) mass is 365 g/mol. The zero-order valence-corrected chi connectivity index (χ0v) is 15.3. The Morgan fingerprint density at radius 1 is 1.04 bits per heavy atom. The molecule has 1 aliphatic heterocycles. The van der Waals surface area contributed by atoms with Crippen LogP contribution in [0, 0.1) is 0 Å². The maximum atomic E-state index is 12.9. The molecule has 2 aromatic carbocycles. The average molecular weight is 365 g/mol. The van der Waals surface area contributed by atoms with Crippen LogP contribution in [0.15, 0.2) is 72.2 Å². The van der Waals surface area contributed by atoms with Crippen molar-refractivity contribution in [3.8, 4) is 5.75 Å². The van der Waals surface area contributed by atoms with Gasteiger partial charge in [-0.15, -0.1) is 18.3 Å². The van der Waals surface area contributed by atoms with Gasteiger partial charge in [0.25, 0.3) is 11.8 Å². The topological polar surface area (TPSA) is 46.6 Å². The zero-order chi connectivity index (χ0) is 18.5. The van der Waals surface area contributed by atoms with E-state index >= 15 is 0 Å². The van der Waals surface area contributed by atoms with Crippen LogP contribution in [0.2, 0.25) is 0 Å². The van der Waals surface area contributed by atoms with Crippen molar-refractivity contribution in [2.45, 2.75) is 5.75 Å². The van der Waals surface area contributed by atoms with Crippen LogP contribution in [0.5, 0.6) is 5.75 Å². The lowest BCUT2D eigenvalue weighted by molar-refractivity contribution is -0.135. The van der Waals surface area contributed by atoms with E-state index < -0.39 is 0 Å². The second kappa shape index (κ2) is 8.06. The SMILES string of the molecule is C=CCN1C(=O)C(SCc2ccccc2)=C(c2ccccc2OC)C1=O. The van der Waals surface area contributed by atoms with Gasteiger partial charge in [0, 0.05) is 17.9 Å². The Labute approximate surface area is 157 Å². The van der Waals surface area contributed by atoms with Gasteiger partial charge < -0.3 is 4.74 Å². The molecular formula is C21H19NO3S. The number of thioether (sulfide) groups is 1. The third-order valence-electron chi connectivity index (χ3n) is 4.04. The smallest absolute Gasteiger partial charge is 0.268 e. The summed E-state index contributed by atoms with van der Waals surface area (Å²) in [6.45, 7) is 3.83. The standard InChI is InChI=1S/C21H19NO3S/c1-3-13-22-20(23)18(16-11-7-8-12-17(16)25-2)19(21(22)24)26-14-15-9-5-4-6-10-15/h3-12H,1,13-14H2,2H3. The Morgan fingerprint density at radius 3 is 2.42 bits per heavy atom. The largest absolute Gasteiger partial charge is 0.496 e. The third-order valence-corrected chi connectivity index (χ3v) is 5.18. The first-order valence-electron chi connectivity index (χ1n) is 8.18. The Kier molecular flexibility index (Phi) is 5.58. The van der Waals surface area contributed by atoms with Gasteiger partial charge in [0.1, 0.15) is 5.75 Å². The highest BCUT2D eigenvalue weighted by molar-refractivity contribution is 8.03. The summed E-state index contributed by atoms with van der Waals surface area (Å²) in [5.41, 5.74) is 2.12. The summed E-state index contributed by atoms with van der Waals surface area (Å²) in [6.07, 6.45) is 1.56. The van der Waals surface area contributed by atoms with E-state index in [0.717, 1.165) is 5.56 Å². The highest BCUT2D eigenvalue weighted by Gasteiger charge is 2.39. The number of amides is 2. The molecule has 0 bridgehead atoms. The van der Waals surface area contributed by atoms with Crippen molar-refractivity contribution in [2.75, 3.05) is 13.7 Å². The fraction of sp³-hybridized carbons (Fsp3) is 0.143. The van der Waals surface area contributed by atoms with Crippen molar-refractivity contribution < 1.29 is 14.3 Å². The van der Waals surface area contributed by atoms with Gasteiger partial charge in [0.2, 0.25) is 0 Å². The highest BCUT2D eigenvalue weighted by Crippen LogP contribution is 2.40. The van der Waals surface area contributed by atoms with E-state index in [9.17, 15) is 9.59 Å². The van der Waals surface area contributed by atoms with Crippen LogP contribution in [0.4, 0.5) is 0 Å². The molecule has 3 rings (SSSR count). The van der Waals surface area contributed by atoms with Crippen molar-refractivity contribution in [1.82, 2.24) is 4.90 Å². The number of carbonyl (C=O) groups is 2. The van der Waals surface area contributed by atoms with Gasteiger partial charge in [0.05, 0.1) is 17.6 Å². The quantitative estimate of drug-likeness (QED) is 0.552. The average Bonchev–Trinajstić information content (AvgIpc) is 2.91. The summed E-state index contributed by atoms with van der Waals surface area (Å²) >= 11 is 1.38. The van der Waals surface area contributed by atoms with Crippen molar-refractivity contribution in [3.05, 3.63) is 83.3 Å². The molecule has 2 amide bonds. The summed E-state index contributed by atoms with van der Waals surface area (Å²) < 4.78 is 5.40. The molecule has 0 radical (unpaired) electrons. The van der Waals surface area contributed by atoms with Crippen LogP contribution in [-0.2, 0) is 15.3 Å². The van der Waals surface area contributed by atoms with E-state index in [4.69, 9.17) is 4.74 Å². The van der Waals surface area contributed by atoms with Crippen molar-refractivity contribution in [3.63, 3.8) is 0 Å². The molecule has 0 spiro atoms. The summed E-state index contributed by atoms with van der Waals surface area (Å²) in [5.74, 6) is 0.587. The highest BCUT2D eigenvalue weighted by atomic mass is 32.2. The van der Waals surface area contributed by atoms with Gasteiger partial charge in [-0.25, -0.2) is 0 Å². The molecule has 26 heavy (non-hydrogen) atoms. The maximum absolute atomic E-state index is 12.9. The molecule has 0 unspecified atom stereocenters. The number of hydrogen-bond acceptors (Lipinski definition) is 4. The van der Waals surface area contributed by atoms with E-state index in [0.29, 0.717) is 27.5 Å². The molecule has 5 heteroatoms. The summed E-state index contributed by atoms with van der Waals surface area (Å²) in [7, 11) is 1.55. The second-order valence-corrected chi connectivity index (χ2v) is 6.67. The summed E-state index contributed by atoms with van der Waals surface area (Å²) in [5, 5.41) is 0. The Bertz CT molecular complexity index is 874. The van der Waals surface area contributed by atoms with Crippen LogP contribution in [0.3, 0.4) is 0 Å². The molecule has 0 atom stereocenters. The van der Waals surface area contributed by atoms with Crippen LogP contribution in [-0.4, -0.2) is 30.4 Å². The molecule has 0 fully saturated rings. The minimum atomic E-state index is -0.310. The number of ether oxygens (including phenoxy) is 1. The molecule has 2 aromatic rings. The Balaban J connectivity index is 2.02. The lowest BCUT2D eigenvalue weighted by Gasteiger charge is -2.12. The third kappa shape index (κ3) is 3.44. The van der Waals surface area contributed by atoms with Gasteiger partial charge in [0.15, 0.2) is 0 Å². The normalized spacial score (nSPS) is 14.1. The number of carbonyl (C=O) groups excluding carboxylic acids is 2. The fourth-order valence-electron chi connectivity index (χ4n) is 2.80. The van der Waals surface area contributed by atoms with Gasteiger partial charge in [-0.1, -0.05) is 54.6 Å². The van der Waals surface area contributed by atoms with E-state index in [1.807, 2.05) is 42.5 Å². The van der Waals surface area contributed by atoms with E-state index in [1.165, 1.54) is 16.7 Å². The number of para-hydroxylation sites is 1. The fourth-order valence-corrected chi connectivity index (χ4v) is 3.88. The lowest BCUT2D eigenvalue weighted by atomic mass is 10.1.